The molecule has 2 aromatic carbocycles. The predicted octanol–water partition coefficient (Wildman–Crippen LogP) is 2.04. The van der Waals surface area contributed by atoms with Crippen molar-refractivity contribution in [3.05, 3.63) is 64.7 Å². The molecule has 1 atom stereocenters. The van der Waals surface area contributed by atoms with Crippen molar-refractivity contribution in [2.24, 2.45) is 5.73 Å². The molecule has 166 valence electrons. The number of carbonyl (C=O) groups excluding carboxylic acids is 5. The summed E-state index contributed by atoms with van der Waals surface area (Å²) in [6, 6.07) is 11.0. The van der Waals surface area contributed by atoms with Gasteiger partial charge < -0.3 is 15.8 Å². The second kappa shape index (κ2) is 9.42. The fraction of sp³-hybridized carbons (Fsp3) is 0.261. The summed E-state index contributed by atoms with van der Waals surface area (Å²) in [6.07, 6.45) is -0.899. The maximum Gasteiger partial charge on any atom is 0.306 e. The van der Waals surface area contributed by atoms with Crippen LogP contribution in [0.1, 0.15) is 56.4 Å². The fourth-order valence-electron chi connectivity index (χ4n) is 3.26. The molecule has 0 spiro atoms. The Labute approximate surface area is 184 Å². The number of ether oxygens (including phenoxy) is 1. The molecule has 0 bridgehead atoms. The van der Waals surface area contributed by atoms with Crippen molar-refractivity contribution >= 4 is 35.3 Å². The Hall–Kier alpha value is -4.01. The summed E-state index contributed by atoms with van der Waals surface area (Å²) >= 11 is 0. The van der Waals surface area contributed by atoms with E-state index in [-0.39, 0.29) is 31.2 Å². The quantitative estimate of drug-likeness (QED) is 0.479. The van der Waals surface area contributed by atoms with Crippen molar-refractivity contribution < 1.29 is 28.7 Å². The molecule has 1 aliphatic heterocycles. The van der Waals surface area contributed by atoms with E-state index in [4.69, 9.17) is 10.5 Å². The Morgan fingerprint density at radius 3 is 2.34 bits per heavy atom. The lowest BCUT2D eigenvalue weighted by atomic mass is 10.1. The van der Waals surface area contributed by atoms with Crippen LogP contribution >= 0.6 is 0 Å². The summed E-state index contributed by atoms with van der Waals surface area (Å²) in [6.45, 7) is 3.34. The summed E-state index contributed by atoms with van der Waals surface area (Å²) in [5.74, 6) is -2.50. The van der Waals surface area contributed by atoms with E-state index in [9.17, 15) is 24.0 Å². The van der Waals surface area contributed by atoms with Gasteiger partial charge in [-0.25, -0.2) is 0 Å². The number of imide groups is 1. The smallest absolute Gasteiger partial charge is 0.306 e. The van der Waals surface area contributed by atoms with E-state index in [0.29, 0.717) is 22.4 Å². The van der Waals surface area contributed by atoms with Gasteiger partial charge >= 0.3 is 5.97 Å². The summed E-state index contributed by atoms with van der Waals surface area (Å²) in [4.78, 5) is 61.3. The average molecular weight is 437 g/mol. The lowest BCUT2D eigenvalue weighted by Crippen LogP contribution is -2.32. The van der Waals surface area contributed by atoms with Gasteiger partial charge in [-0.15, -0.1) is 0 Å². The van der Waals surface area contributed by atoms with Crippen LogP contribution in [0.3, 0.4) is 0 Å². The number of benzene rings is 2. The van der Waals surface area contributed by atoms with Crippen molar-refractivity contribution in [2.75, 3.05) is 11.9 Å². The first-order valence-electron chi connectivity index (χ1n) is 10.0. The molecule has 0 aromatic heterocycles. The fourth-order valence-corrected chi connectivity index (χ4v) is 3.26. The van der Waals surface area contributed by atoms with Gasteiger partial charge in [-0.1, -0.05) is 11.6 Å². The van der Waals surface area contributed by atoms with Gasteiger partial charge in [0.15, 0.2) is 6.10 Å². The molecule has 1 unspecified atom stereocenters. The van der Waals surface area contributed by atoms with E-state index in [1.807, 2.05) is 6.92 Å². The van der Waals surface area contributed by atoms with Crippen LogP contribution in [0, 0.1) is 6.92 Å². The number of nitrogens with one attached hydrogen (secondary N) is 1. The monoisotopic (exact) mass is 437 g/mol. The molecular formula is C23H23N3O6. The molecule has 32 heavy (non-hydrogen) atoms. The van der Waals surface area contributed by atoms with Gasteiger partial charge in [0.1, 0.15) is 0 Å². The van der Waals surface area contributed by atoms with Crippen LogP contribution in [-0.4, -0.2) is 47.1 Å². The minimum atomic E-state index is -1.06. The SMILES string of the molecule is Cc1ccc2c(c1)C(=O)N(CCCC(=O)OC(C)C(=O)Nc1ccc(C(N)=O)cc1)C2=O. The van der Waals surface area contributed by atoms with Crippen LogP contribution in [0.25, 0.3) is 0 Å². The number of rotatable bonds is 8. The van der Waals surface area contributed by atoms with Gasteiger partial charge in [0.2, 0.25) is 5.91 Å². The Morgan fingerprint density at radius 2 is 1.69 bits per heavy atom. The molecule has 3 N–H and O–H groups in total. The van der Waals surface area contributed by atoms with E-state index in [1.54, 1.807) is 18.2 Å². The number of anilines is 1. The minimum absolute atomic E-state index is 0.0582. The highest BCUT2D eigenvalue weighted by Gasteiger charge is 2.35. The van der Waals surface area contributed by atoms with Crippen LogP contribution in [0.4, 0.5) is 5.69 Å². The van der Waals surface area contributed by atoms with Gasteiger partial charge in [0, 0.05) is 24.2 Å². The highest BCUT2D eigenvalue weighted by atomic mass is 16.5. The number of hydrogen-bond acceptors (Lipinski definition) is 6. The Morgan fingerprint density at radius 1 is 1.03 bits per heavy atom. The zero-order valence-electron chi connectivity index (χ0n) is 17.7. The number of hydrogen-bond donors (Lipinski definition) is 2. The highest BCUT2D eigenvalue weighted by Crippen LogP contribution is 2.24. The number of primary amides is 1. The molecule has 0 aliphatic carbocycles. The van der Waals surface area contributed by atoms with E-state index in [1.165, 1.54) is 31.2 Å². The molecule has 9 nitrogen and oxygen atoms in total. The van der Waals surface area contributed by atoms with Gasteiger partial charge in [-0.3, -0.25) is 28.9 Å². The van der Waals surface area contributed by atoms with Crippen LogP contribution in [-0.2, 0) is 14.3 Å². The van der Waals surface area contributed by atoms with E-state index in [2.05, 4.69) is 5.32 Å². The lowest BCUT2D eigenvalue weighted by molar-refractivity contribution is -0.153. The van der Waals surface area contributed by atoms with Crippen molar-refractivity contribution in [3.8, 4) is 0 Å². The average Bonchev–Trinajstić information content (AvgIpc) is 2.98. The molecule has 3 rings (SSSR count). The molecule has 2 aromatic rings. The minimum Gasteiger partial charge on any atom is -0.453 e. The van der Waals surface area contributed by atoms with Crippen LogP contribution in [0.15, 0.2) is 42.5 Å². The third-order valence-electron chi connectivity index (χ3n) is 5.00. The molecule has 9 heteroatoms. The second-order valence-electron chi connectivity index (χ2n) is 7.48. The second-order valence-corrected chi connectivity index (χ2v) is 7.48. The summed E-state index contributed by atoms with van der Waals surface area (Å²) in [5, 5.41) is 2.57. The number of nitrogens with two attached hydrogens (primary N) is 1. The summed E-state index contributed by atoms with van der Waals surface area (Å²) in [5.41, 5.74) is 7.50. The molecular weight excluding hydrogens is 414 g/mol. The van der Waals surface area contributed by atoms with Gasteiger partial charge in [-0.2, -0.15) is 0 Å². The third-order valence-corrected chi connectivity index (χ3v) is 5.00. The topological polar surface area (TPSA) is 136 Å². The number of amides is 4. The van der Waals surface area contributed by atoms with Crippen molar-refractivity contribution in [1.29, 1.82) is 0 Å². The van der Waals surface area contributed by atoms with E-state index in [0.717, 1.165) is 10.5 Å². The maximum atomic E-state index is 12.4. The number of carbonyl (C=O) groups is 5. The number of nitrogens with zero attached hydrogens (tertiary/aromatic N) is 1. The number of aryl methyl sites for hydroxylation is 1. The Balaban J connectivity index is 1.45. The van der Waals surface area contributed by atoms with Crippen molar-refractivity contribution in [2.45, 2.75) is 32.8 Å². The molecule has 0 saturated heterocycles. The van der Waals surface area contributed by atoms with Crippen LogP contribution in [0.5, 0.6) is 0 Å². The largest absolute Gasteiger partial charge is 0.453 e. The molecule has 1 heterocycles. The summed E-state index contributed by atoms with van der Waals surface area (Å²) < 4.78 is 5.13. The zero-order valence-corrected chi connectivity index (χ0v) is 17.7. The predicted molar refractivity (Wildman–Crippen MR) is 115 cm³/mol. The molecule has 1 aliphatic rings. The molecule has 0 radical (unpaired) electrons. The molecule has 0 saturated carbocycles. The Kier molecular flexibility index (Phi) is 6.67. The van der Waals surface area contributed by atoms with E-state index < -0.39 is 23.9 Å². The molecule has 0 fully saturated rings. The zero-order chi connectivity index (χ0) is 23.4. The van der Waals surface area contributed by atoms with Gasteiger partial charge in [0.25, 0.3) is 17.7 Å². The Bertz CT molecular complexity index is 1090. The number of esters is 1. The standard InChI is InChI=1S/C23H23N3O6/c1-13-5-10-17-18(12-13)23(31)26(22(17)30)11-3-4-19(27)32-14(2)21(29)25-16-8-6-15(7-9-16)20(24)28/h5-10,12,14H,3-4,11H2,1-2H3,(H2,24,28)(H,25,29). The molecule has 4 amide bonds. The van der Waals surface area contributed by atoms with Crippen LogP contribution < -0.4 is 11.1 Å². The normalized spacial score (nSPS) is 13.5. The van der Waals surface area contributed by atoms with Gasteiger partial charge in [-0.05, 0) is 56.7 Å². The maximum absolute atomic E-state index is 12.4. The first kappa shape index (κ1) is 22.7. The first-order valence-corrected chi connectivity index (χ1v) is 10.0. The summed E-state index contributed by atoms with van der Waals surface area (Å²) in [7, 11) is 0. The van der Waals surface area contributed by atoms with Gasteiger partial charge in [0.05, 0.1) is 11.1 Å². The van der Waals surface area contributed by atoms with Crippen molar-refractivity contribution in [3.63, 3.8) is 0 Å². The van der Waals surface area contributed by atoms with Crippen LogP contribution in [0.2, 0.25) is 0 Å². The first-order chi connectivity index (χ1) is 15.2. The number of fused-ring (bicyclic) bond motifs is 1. The third kappa shape index (κ3) is 5.00. The highest BCUT2D eigenvalue weighted by molar-refractivity contribution is 6.21. The van der Waals surface area contributed by atoms with E-state index >= 15 is 0 Å². The van der Waals surface area contributed by atoms with Crippen molar-refractivity contribution in [1.82, 2.24) is 4.90 Å². The lowest BCUT2D eigenvalue weighted by Gasteiger charge is -2.15.